The number of piperidine rings is 1. The van der Waals surface area contributed by atoms with Gasteiger partial charge < -0.3 is 4.90 Å². The Balaban J connectivity index is 2.44. The summed E-state index contributed by atoms with van der Waals surface area (Å²) in [5.41, 5.74) is 0. The molecule has 0 bridgehead atoms. The molecule has 0 N–H and O–H groups in total. The van der Waals surface area contributed by atoms with Gasteiger partial charge in [-0.1, -0.05) is 19.9 Å². The lowest BCUT2D eigenvalue weighted by molar-refractivity contribution is -0.134. The first-order valence-electron chi connectivity index (χ1n) is 6.07. The maximum Gasteiger partial charge on any atom is 0.223 e. The molecule has 0 aromatic rings. The zero-order valence-corrected chi connectivity index (χ0v) is 10.0. The predicted molar refractivity (Wildman–Crippen MR) is 63.6 cm³/mol. The average Bonchev–Trinajstić information content (AvgIpc) is 2.25. The second kappa shape index (κ2) is 5.94. The number of likely N-dealkylation sites (tertiary alicyclic amines) is 1. The van der Waals surface area contributed by atoms with Crippen molar-refractivity contribution in [2.24, 2.45) is 5.92 Å². The van der Waals surface area contributed by atoms with Crippen molar-refractivity contribution in [1.29, 1.82) is 0 Å². The third-order valence-electron chi connectivity index (χ3n) is 3.08. The number of amides is 1. The van der Waals surface area contributed by atoms with E-state index >= 15 is 0 Å². The highest BCUT2D eigenvalue weighted by molar-refractivity contribution is 5.76. The van der Waals surface area contributed by atoms with E-state index in [1.54, 1.807) is 0 Å². The Kier molecular flexibility index (Phi) is 4.86. The maximum atomic E-state index is 12.0. The van der Waals surface area contributed by atoms with Gasteiger partial charge >= 0.3 is 0 Å². The van der Waals surface area contributed by atoms with Crippen molar-refractivity contribution in [2.45, 2.75) is 52.0 Å². The van der Waals surface area contributed by atoms with Gasteiger partial charge in [0.2, 0.25) is 5.91 Å². The Morgan fingerprint density at radius 1 is 1.53 bits per heavy atom. The van der Waals surface area contributed by atoms with E-state index in [9.17, 15) is 4.79 Å². The van der Waals surface area contributed by atoms with E-state index in [1.165, 1.54) is 6.42 Å². The van der Waals surface area contributed by atoms with Crippen molar-refractivity contribution >= 4 is 5.91 Å². The molecule has 1 aliphatic heterocycles. The minimum absolute atomic E-state index is 0.290. The molecular formula is C13H23NO. The molecule has 0 aliphatic carbocycles. The monoisotopic (exact) mass is 209 g/mol. The topological polar surface area (TPSA) is 20.3 Å². The standard InChI is InChI=1S/C13H23NO/c1-4-12-7-5-6-10-14(12)13(15)9-8-11(2)3/h4,11-12H,1,5-10H2,2-3H3. The van der Waals surface area contributed by atoms with E-state index in [-0.39, 0.29) is 0 Å². The van der Waals surface area contributed by atoms with Crippen LogP contribution in [0, 0.1) is 5.92 Å². The summed E-state index contributed by atoms with van der Waals surface area (Å²) in [4.78, 5) is 14.0. The molecule has 0 aromatic carbocycles. The first-order chi connectivity index (χ1) is 7.15. The fourth-order valence-electron chi connectivity index (χ4n) is 2.07. The smallest absolute Gasteiger partial charge is 0.223 e. The number of hydrogen-bond donors (Lipinski definition) is 0. The molecule has 1 aliphatic rings. The van der Waals surface area contributed by atoms with Crippen molar-refractivity contribution in [1.82, 2.24) is 4.90 Å². The van der Waals surface area contributed by atoms with Crippen LogP contribution in [0.4, 0.5) is 0 Å². The van der Waals surface area contributed by atoms with Gasteiger partial charge in [-0.3, -0.25) is 4.79 Å². The summed E-state index contributed by atoms with van der Waals surface area (Å²) in [5.74, 6) is 0.925. The Bertz CT molecular complexity index is 223. The van der Waals surface area contributed by atoms with Gasteiger partial charge in [-0.15, -0.1) is 6.58 Å². The highest BCUT2D eigenvalue weighted by Crippen LogP contribution is 2.19. The molecule has 1 saturated heterocycles. The highest BCUT2D eigenvalue weighted by atomic mass is 16.2. The number of rotatable bonds is 4. The van der Waals surface area contributed by atoms with Gasteiger partial charge in [0.05, 0.1) is 0 Å². The highest BCUT2D eigenvalue weighted by Gasteiger charge is 2.23. The fourth-order valence-corrected chi connectivity index (χ4v) is 2.07. The van der Waals surface area contributed by atoms with Gasteiger partial charge in [0.25, 0.3) is 0 Å². The SMILES string of the molecule is C=CC1CCCCN1C(=O)CCC(C)C. The third-order valence-corrected chi connectivity index (χ3v) is 3.08. The molecule has 0 saturated carbocycles. The largest absolute Gasteiger partial charge is 0.336 e. The molecule has 0 aromatic heterocycles. The Labute approximate surface area is 93.3 Å². The third kappa shape index (κ3) is 3.69. The molecule has 1 amide bonds. The van der Waals surface area contributed by atoms with Gasteiger partial charge in [0.1, 0.15) is 0 Å². The summed E-state index contributed by atoms with van der Waals surface area (Å²) >= 11 is 0. The van der Waals surface area contributed by atoms with Crippen molar-refractivity contribution in [3.8, 4) is 0 Å². The van der Waals surface area contributed by atoms with Crippen LogP contribution in [-0.2, 0) is 4.79 Å². The molecule has 86 valence electrons. The summed E-state index contributed by atoms with van der Waals surface area (Å²) < 4.78 is 0. The maximum absolute atomic E-state index is 12.0. The van der Waals surface area contributed by atoms with Gasteiger partial charge in [0.15, 0.2) is 0 Å². The van der Waals surface area contributed by atoms with E-state index in [0.29, 0.717) is 24.3 Å². The van der Waals surface area contributed by atoms with E-state index in [1.807, 2.05) is 11.0 Å². The first kappa shape index (κ1) is 12.3. The predicted octanol–water partition coefficient (Wildman–Crippen LogP) is 2.99. The Morgan fingerprint density at radius 2 is 2.27 bits per heavy atom. The molecule has 1 rings (SSSR count). The summed E-state index contributed by atoms with van der Waals surface area (Å²) in [6.45, 7) is 9.06. The molecule has 2 nitrogen and oxygen atoms in total. The molecule has 1 atom stereocenters. The lowest BCUT2D eigenvalue weighted by atomic mass is 10.0. The first-order valence-corrected chi connectivity index (χ1v) is 6.07. The minimum Gasteiger partial charge on any atom is -0.336 e. The van der Waals surface area contributed by atoms with Crippen LogP contribution in [0.25, 0.3) is 0 Å². The lowest BCUT2D eigenvalue weighted by Crippen LogP contribution is -2.42. The molecule has 0 spiro atoms. The van der Waals surface area contributed by atoms with Crippen LogP contribution in [0.1, 0.15) is 46.0 Å². The van der Waals surface area contributed by atoms with Crippen LogP contribution in [-0.4, -0.2) is 23.4 Å². The average molecular weight is 209 g/mol. The van der Waals surface area contributed by atoms with Gasteiger partial charge in [-0.2, -0.15) is 0 Å². The number of hydrogen-bond acceptors (Lipinski definition) is 1. The summed E-state index contributed by atoms with van der Waals surface area (Å²) in [6.07, 6.45) is 7.09. The second-order valence-electron chi connectivity index (χ2n) is 4.82. The zero-order valence-electron chi connectivity index (χ0n) is 10.0. The normalized spacial score (nSPS) is 21.8. The molecule has 1 unspecified atom stereocenters. The summed E-state index contributed by atoms with van der Waals surface area (Å²) in [7, 11) is 0. The summed E-state index contributed by atoms with van der Waals surface area (Å²) in [5, 5.41) is 0. The van der Waals surface area contributed by atoms with Gasteiger partial charge in [0, 0.05) is 19.0 Å². The van der Waals surface area contributed by atoms with Crippen molar-refractivity contribution in [3.63, 3.8) is 0 Å². The zero-order chi connectivity index (χ0) is 11.3. The van der Waals surface area contributed by atoms with Gasteiger partial charge in [-0.05, 0) is 31.6 Å². The molecule has 1 heterocycles. The Hall–Kier alpha value is -0.790. The molecule has 1 fully saturated rings. The van der Waals surface area contributed by atoms with Crippen LogP contribution in [0.15, 0.2) is 12.7 Å². The Morgan fingerprint density at radius 3 is 2.87 bits per heavy atom. The van der Waals surface area contributed by atoms with Crippen LogP contribution in [0.2, 0.25) is 0 Å². The van der Waals surface area contributed by atoms with E-state index in [0.717, 1.165) is 25.8 Å². The van der Waals surface area contributed by atoms with Crippen molar-refractivity contribution in [3.05, 3.63) is 12.7 Å². The summed E-state index contributed by atoms with van der Waals surface area (Å²) in [6, 6.07) is 0.290. The van der Waals surface area contributed by atoms with Crippen LogP contribution >= 0.6 is 0 Å². The van der Waals surface area contributed by atoms with E-state index in [2.05, 4.69) is 20.4 Å². The van der Waals surface area contributed by atoms with Crippen molar-refractivity contribution in [2.75, 3.05) is 6.54 Å². The molecular weight excluding hydrogens is 186 g/mol. The van der Waals surface area contributed by atoms with Crippen LogP contribution < -0.4 is 0 Å². The number of nitrogens with zero attached hydrogens (tertiary/aromatic N) is 1. The van der Waals surface area contributed by atoms with E-state index < -0.39 is 0 Å². The molecule has 15 heavy (non-hydrogen) atoms. The minimum atomic E-state index is 0.290. The lowest BCUT2D eigenvalue weighted by Gasteiger charge is -2.34. The number of carbonyl (C=O) groups excluding carboxylic acids is 1. The molecule has 0 radical (unpaired) electrons. The quantitative estimate of drug-likeness (QED) is 0.652. The van der Waals surface area contributed by atoms with Crippen molar-refractivity contribution < 1.29 is 4.79 Å². The van der Waals surface area contributed by atoms with Crippen LogP contribution in [0.3, 0.4) is 0 Å². The second-order valence-corrected chi connectivity index (χ2v) is 4.82. The van der Waals surface area contributed by atoms with Gasteiger partial charge in [-0.25, -0.2) is 0 Å². The fraction of sp³-hybridized carbons (Fsp3) is 0.769. The van der Waals surface area contributed by atoms with Crippen LogP contribution in [0.5, 0.6) is 0 Å². The number of carbonyl (C=O) groups is 1. The molecule has 2 heteroatoms. The van der Waals surface area contributed by atoms with E-state index in [4.69, 9.17) is 0 Å².